The van der Waals surface area contributed by atoms with Crippen LogP contribution in [0.15, 0.2) is 267 Å². The highest BCUT2D eigenvalue weighted by Crippen LogP contribution is 2.61. The van der Waals surface area contributed by atoms with Crippen LogP contribution in [0.25, 0.3) is 133 Å². The van der Waals surface area contributed by atoms with E-state index in [1.165, 1.54) is 138 Å². The van der Waals surface area contributed by atoms with Crippen LogP contribution in [-0.2, 0) is 53.6 Å². The number of rotatable bonds is 6. The SMILES string of the molecule is Cc1cc(-c2ccc3c(c2C)C(C)(C)C(C)(C)c2cc4ccccc4cc2-3)[n+](C)cc1-c1ccccc1.[2H]C([2H])([2H])c1c[n+](C)c(-c2ccc3c(c2C)C(C)(C)C(C)(C)c2ccc4ccccc4c2-3)cc1-c1ccccc1.[2H]C([2H])([2H])c1ccccc1-c1cc(-c2ccc3c(c2C)C(C)(C)C(C)(C)c2c-3ccc3ccccc23)[n+](C)cc1C([2H])([2H])[2H]. The smallest absolute Gasteiger partial charge is 0.201 e. The highest BCUT2D eigenvalue weighted by atomic mass is 14.9. The van der Waals surface area contributed by atoms with Crippen LogP contribution in [-0.4, -0.2) is 0 Å². The third-order valence-electron chi connectivity index (χ3n) is 27.8. The van der Waals surface area contributed by atoms with Crippen LogP contribution in [0.4, 0.5) is 0 Å². The van der Waals surface area contributed by atoms with Crippen LogP contribution in [0, 0.1) is 48.3 Å². The van der Waals surface area contributed by atoms with Crippen LogP contribution in [0.1, 0.15) is 168 Å². The van der Waals surface area contributed by atoms with E-state index in [1.807, 2.05) is 59.6 Å². The molecule has 15 aromatic rings. The summed E-state index contributed by atoms with van der Waals surface area (Å²) in [5, 5.41) is 7.68. The van der Waals surface area contributed by atoms with E-state index in [1.54, 1.807) is 36.7 Å². The summed E-state index contributed by atoms with van der Waals surface area (Å²) in [6.45, 7) is 30.4. The summed E-state index contributed by atoms with van der Waals surface area (Å²) in [4.78, 5) is 0. The predicted molar refractivity (Wildman–Crippen MR) is 476 cm³/mol. The van der Waals surface area contributed by atoms with Crippen molar-refractivity contribution in [3.8, 4) is 101 Å². The summed E-state index contributed by atoms with van der Waals surface area (Å²) < 4.78 is 80.4. The Morgan fingerprint density at radius 1 is 0.241 bits per heavy atom. The molecule has 3 aliphatic carbocycles. The molecule has 0 bridgehead atoms. The van der Waals surface area contributed by atoms with Crippen LogP contribution in [0.5, 0.6) is 0 Å². The maximum atomic E-state index is 8.33. The molecule has 3 aliphatic rings. The molecule has 3 nitrogen and oxygen atoms in total. The van der Waals surface area contributed by atoms with Crippen LogP contribution >= 0.6 is 0 Å². The second kappa shape index (κ2) is 27.4. The Morgan fingerprint density at radius 2 is 0.625 bits per heavy atom. The van der Waals surface area contributed by atoms with Gasteiger partial charge in [-0.05, 0) is 260 Å². The first-order valence-electron chi connectivity index (χ1n) is 44.2. The van der Waals surface area contributed by atoms with E-state index in [-0.39, 0.29) is 43.6 Å². The molecule has 0 N–H and O–H groups in total. The predicted octanol–water partition coefficient (Wildman–Crippen LogP) is 26.9. The number of pyridine rings is 3. The van der Waals surface area contributed by atoms with Gasteiger partial charge in [0.25, 0.3) is 0 Å². The first-order chi connectivity index (χ1) is 56.9. The molecule has 112 heavy (non-hydrogen) atoms. The molecular weight excluding hydrogens is 1350 g/mol. The molecule has 3 heterocycles. The fourth-order valence-electron chi connectivity index (χ4n) is 19.8. The molecule has 0 atom stereocenters. The van der Waals surface area contributed by atoms with Crippen molar-refractivity contribution in [1.82, 2.24) is 0 Å². The van der Waals surface area contributed by atoms with Gasteiger partial charge in [0, 0.05) is 69.3 Å². The van der Waals surface area contributed by atoms with Gasteiger partial charge in [-0.1, -0.05) is 283 Å². The van der Waals surface area contributed by atoms with Crippen LogP contribution in [0.3, 0.4) is 0 Å². The highest BCUT2D eigenvalue weighted by molar-refractivity contribution is 6.02. The second-order valence-electron chi connectivity index (χ2n) is 35.2. The lowest BCUT2D eigenvalue weighted by Crippen LogP contribution is -2.44. The van der Waals surface area contributed by atoms with E-state index >= 15 is 0 Å². The number of fused-ring (bicyclic) bond motifs is 14. The Labute approximate surface area is 679 Å². The molecule has 0 saturated carbocycles. The average molecular weight is 1470 g/mol. The standard InChI is InChI=1S/C37H38N.2C36H36N/c1-23-13-9-11-15-27(23)32-21-33(38(8)22-24(32)2)28-19-20-30-31-18-17-26-14-10-12-16-29(26)35(31)37(6,7)36(4,5)34(30)25(28)3;1-23-22-37(7)32(21-30(23)25-13-9-8-10-14-25)27-18-19-29-33-28-16-12-11-15-26(28)17-20-31(33)35(3,4)36(5,6)34(29)24(27)2;1-23-19-33(37(7)22-31(23)25-13-9-8-10-14-25)28-17-18-29-30-20-26-15-11-12-16-27(26)21-32(30)35(3,4)36(5,6)34(29)24(28)2/h9-22H,1-8H3;2*8-22H,1-7H3/q3*+1/i1D3,2D3;1D3;. The van der Waals surface area contributed by atoms with Crippen molar-refractivity contribution >= 4 is 32.3 Å². The molecular formula is C109H110N3+3. The molecule has 0 amide bonds. The quantitative estimate of drug-likeness (QED) is 0.147. The molecule has 0 aliphatic heterocycles. The van der Waals surface area contributed by atoms with E-state index in [0.717, 1.165) is 39.2 Å². The molecule has 0 spiro atoms. The molecule has 3 aromatic heterocycles. The zero-order chi connectivity index (χ0) is 86.7. The zero-order valence-corrected chi connectivity index (χ0v) is 68.7. The number of benzene rings is 12. The van der Waals surface area contributed by atoms with Crippen molar-refractivity contribution < 1.29 is 26.0 Å². The second-order valence-corrected chi connectivity index (χ2v) is 35.2. The van der Waals surface area contributed by atoms with E-state index in [4.69, 9.17) is 12.3 Å². The Kier molecular flexibility index (Phi) is 15.8. The van der Waals surface area contributed by atoms with Crippen LogP contribution < -0.4 is 13.7 Å². The van der Waals surface area contributed by atoms with E-state index in [2.05, 4.69) is 317 Å². The van der Waals surface area contributed by atoms with Gasteiger partial charge in [-0.25, -0.2) is 13.7 Å². The summed E-state index contributed by atoms with van der Waals surface area (Å²) >= 11 is 0. The van der Waals surface area contributed by atoms with Gasteiger partial charge >= 0.3 is 0 Å². The first kappa shape index (κ1) is 64.5. The Balaban J connectivity index is 0.000000135. The Bertz CT molecular complexity index is 6730. The van der Waals surface area contributed by atoms with Crippen molar-refractivity contribution in [2.75, 3.05) is 0 Å². The van der Waals surface area contributed by atoms with Gasteiger partial charge in [0.15, 0.2) is 18.6 Å². The molecule has 0 radical (unpaired) electrons. The van der Waals surface area contributed by atoms with Crippen molar-refractivity contribution in [3.63, 3.8) is 0 Å². The normalized spacial score (nSPS) is 16.8. The van der Waals surface area contributed by atoms with Gasteiger partial charge in [-0.2, -0.15) is 0 Å². The first-order valence-corrected chi connectivity index (χ1v) is 39.7. The largest absolute Gasteiger partial charge is 0.213 e. The molecule has 3 heteroatoms. The lowest BCUT2D eigenvalue weighted by Gasteiger charge is -2.49. The van der Waals surface area contributed by atoms with Gasteiger partial charge in [0.05, 0.1) is 0 Å². The lowest BCUT2D eigenvalue weighted by atomic mass is 9.54. The third kappa shape index (κ3) is 11.7. The zero-order valence-electron chi connectivity index (χ0n) is 77.7. The number of hydrogen-bond acceptors (Lipinski definition) is 0. The molecule has 0 unspecified atom stereocenters. The summed E-state index contributed by atoms with van der Waals surface area (Å²) in [6.07, 6.45) is 5.72. The Hall–Kier alpha value is -11.1. The number of hydrogen-bond donors (Lipinski definition) is 0. The summed E-state index contributed by atoms with van der Waals surface area (Å²) in [5.41, 5.74) is 32.6. The topological polar surface area (TPSA) is 11.6 Å². The van der Waals surface area contributed by atoms with Crippen molar-refractivity contribution in [1.29, 1.82) is 0 Å². The Morgan fingerprint density at radius 3 is 1.21 bits per heavy atom. The molecule has 12 aromatic carbocycles. The maximum Gasteiger partial charge on any atom is 0.213 e. The van der Waals surface area contributed by atoms with Gasteiger partial charge in [-0.15, -0.1) is 0 Å². The number of aryl methyl sites for hydroxylation is 7. The maximum absolute atomic E-state index is 8.33. The summed E-state index contributed by atoms with van der Waals surface area (Å²) in [7, 11) is 5.99. The van der Waals surface area contributed by atoms with Crippen LogP contribution in [0.2, 0.25) is 0 Å². The monoisotopic (exact) mass is 1470 g/mol. The number of nitrogens with zero attached hydrogens (tertiary/aromatic N) is 3. The van der Waals surface area contributed by atoms with Gasteiger partial charge in [-0.3, -0.25) is 0 Å². The minimum atomic E-state index is -2.43. The van der Waals surface area contributed by atoms with E-state index < -0.39 is 20.6 Å². The third-order valence-corrected chi connectivity index (χ3v) is 27.8. The van der Waals surface area contributed by atoms with E-state index in [9.17, 15) is 0 Å². The highest BCUT2D eigenvalue weighted by Gasteiger charge is 2.51. The minimum absolute atomic E-state index is 0.0159. The van der Waals surface area contributed by atoms with Gasteiger partial charge in [0.2, 0.25) is 17.1 Å². The van der Waals surface area contributed by atoms with E-state index in [0.29, 0.717) is 16.7 Å². The number of aromatic nitrogens is 3. The molecule has 0 fully saturated rings. The summed E-state index contributed by atoms with van der Waals surface area (Å²) in [6, 6.07) is 87.1. The molecule has 18 rings (SSSR count). The molecule has 558 valence electrons. The van der Waals surface area contributed by atoms with Gasteiger partial charge in [0.1, 0.15) is 21.1 Å². The van der Waals surface area contributed by atoms with Gasteiger partial charge < -0.3 is 0 Å². The molecule has 0 saturated heterocycles. The summed E-state index contributed by atoms with van der Waals surface area (Å²) in [5.74, 6) is 0. The van der Waals surface area contributed by atoms with Crippen molar-refractivity contribution in [2.45, 2.75) is 164 Å². The van der Waals surface area contributed by atoms with Crippen molar-refractivity contribution in [2.24, 2.45) is 21.1 Å². The fourth-order valence-corrected chi connectivity index (χ4v) is 19.8. The average Bonchev–Trinajstić information content (AvgIpc) is 0.702. The minimum Gasteiger partial charge on any atom is -0.201 e. The van der Waals surface area contributed by atoms with Crippen molar-refractivity contribution in [3.05, 3.63) is 340 Å². The fraction of sp³-hybridized carbons (Fsp3) is 0.257. The lowest BCUT2D eigenvalue weighted by molar-refractivity contribution is -0.660.